The molecule has 40 heavy (non-hydrogen) atoms. The summed E-state index contributed by atoms with van der Waals surface area (Å²) in [7, 11) is 0. The summed E-state index contributed by atoms with van der Waals surface area (Å²) in [6, 6.07) is 35.1. The number of H-pyrrole nitrogens is 4. The Morgan fingerprint density at radius 3 is 0.775 bits per heavy atom. The maximum atomic E-state index is 3.84. The van der Waals surface area contributed by atoms with Crippen molar-refractivity contribution in [1.29, 1.82) is 0 Å². The number of benzene rings is 4. The Labute approximate surface area is 231 Å². The summed E-state index contributed by atoms with van der Waals surface area (Å²) in [4.78, 5) is 15.4. The van der Waals surface area contributed by atoms with Crippen LogP contribution in [0.15, 0.2) is 97.1 Å². The summed E-state index contributed by atoms with van der Waals surface area (Å²) in [6.45, 7) is 0. The number of nitrogens with one attached hydrogen (secondary N) is 4. The number of para-hydroxylation sites is 4. The van der Waals surface area contributed by atoms with Gasteiger partial charge in [0, 0.05) is 92.1 Å². The van der Waals surface area contributed by atoms with Gasteiger partial charge < -0.3 is 19.9 Å². The van der Waals surface area contributed by atoms with Crippen LogP contribution in [0, 0.1) is 0 Å². The fraction of sp³-hybridized carbons (Fsp3) is 0.111. The maximum Gasteiger partial charge on any atom is 0.0459 e. The second-order valence-corrected chi connectivity index (χ2v) is 11.2. The maximum absolute atomic E-state index is 3.84. The highest BCUT2D eigenvalue weighted by atomic mass is 14.8. The summed E-state index contributed by atoms with van der Waals surface area (Å²) in [5.74, 6) is 0. The Hall–Kier alpha value is -4.96. The molecule has 4 nitrogen and oxygen atoms in total. The van der Waals surface area contributed by atoms with Gasteiger partial charge in [-0.2, -0.15) is 0 Å². The van der Waals surface area contributed by atoms with Gasteiger partial charge in [0.1, 0.15) is 0 Å². The Balaban J connectivity index is 1.37. The largest absolute Gasteiger partial charge is 0.358 e. The second-order valence-electron chi connectivity index (χ2n) is 11.2. The van der Waals surface area contributed by atoms with Gasteiger partial charge in [-0.25, -0.2) is 0 Å². The van der Waals surface area contributed by atoms with Crippen molar-refractivity contribution in [1.82, 2.24) is 19.9 Å². The molecule has 0 spiro atoms. The molecule has 0 amide bonds. The quantitative estimate of drug-likeness (QED) is 0.157. The predicted molar refractivity (Wildman–Crippen MR) is 164 cm³/mol. The van der Waals surface area contributed by atoms with E-state index in [1.165, 1.54) is 88.6 Å². The third kappa shape index (κ3) is 3.19. The van der Waals surface area contributed by atoms with Crippen LogP contribution in [0.2, 0.25) is 0 Å². The van der Waals surface area contributed by atoms with E-state index in [1.54, 1.807) is 0 Å². The van der Waals surface area contributed by atoms with Gasteiger partial charge >= 0.3 is 0 Å². The smallest absolute Gasteiger partial charge is 0.0459 e. The van der Waals surface area contributed by atoms with Crippen LogP contribution in [0.1, 0.15) is 45.0 Å². The lowest BCUT2D eigenvalue weighted by molar-refractivity contribution is 0.965. The van der Waals surface area contributed by atoms with E-state index in [0.717, 1.165) is 25.7 Å². The fourth-order valence-corrected chi connectivity index (χ4v) is 7.14. The van der Waals surface area contributed by atoms with Crippen molar-refractivity contribution in [2.45, 2.75) is 25.7 Å². The molecule has 0 fully saturated rings. The van der Waals surface area contributed by atoms with Gasteiger partial charge in [0.2, 0.25) is 0 Å². The molecule has 0 atom stereocenters. The molecule has 4 aromatic carbocycles. The molecule has 0 unspecified atom stereocenters. The van der Waals surface area contributed by atoms with Gasteiger partial charge in [-0.15, -0.1) is 0 Å². The monoisotopic (exact) mass is 516 g/mol. The number of fused-ring (bicyclic) bond motifs is 12. The van der Waals surface area contributed by atoms with Crippen LogP contribution in [0.25, 0.3) is 43.6 Å². The van der Waals surface area contributed by atoms with Crippen molar-refractivity contribution in [2.75, 3.05) is 0 Å². The van der Waals surface area contributed by atoms with E-state index in [9.17, 15) is 0 Å². The zero-order valence-corrected chi connectivity index (χ0v) is 22.1. The van der Waals surface area contributed by atoms with E-state index < -0.39 is 0 Å². The number of hydrogen-bond donors (Lipinski definition) is 4. The van der Waals surface area contributed by atoms with E-state index in [1.807, 2.05) is 0 Å². The van der Waals surface area contributed by atoms with Crippen LogP contribution < -0.4 is 0 Å². The average molecular weight is 517 g/mol. The highest BCUT2D eigenvalue weighted by Gasteiger charge is 2.24. The van der Waals surface area contributed by atoms with E-state index in [4.69, 9.17) is 0 Å². The van der Waals surface area contributed by atoms with Crippen molar-refractivity contribution in [3.05, 3.63) is 142 Å². The predicted octanol–water partition coefficient (Wildman–Crippen LogP) is 8.29. The third-order valence-corrected chi connectivity index (χ3v) is 9.02. The summed E-state index contributed by atoms with van der Waals surface area (Å²) in [5.41, 5.74) is 15.6. The molecule has 0 saturated heterocycles. The van der Waals surface area contributed by atoms with Crippen molar-refractivity contribution in [2.24, 2.45) is 0 Å². The molecule has 4 heteroatoms. The summed E-state index contributed by atoms with van der Waals surface area (Å²) in [5, 5.41) is 5.25. The SMILES string of the molecule is c1ccc2c3c([nH]c2c1)Cc1c([nH]c2ccccc12)Cc1c([nH]c2ccccc12)Cc1c([nH]c2ccccc12)C3. The summed E-state index contributed by atoms with van der Waals surface area (Å²) in [6.07, 6.45) is 3.43. The minimum absolute atomic E-state index is 0.858. The zero-order valence-electron chi connectivity index (χ0n) is 22.1. The molecule has 4 heterocycles. The van der Waals surface area contributed by atoms with E-state index in [-0.39, 0.29) is 0 Å². The normalized spacial score (nSPS) is 13.6. The standard InChI is InChI=1S/C36H28N4/c1-5-13-29-21(9-1)25-17-34-27(23-11-3-6-14-30(23)38-34)19-36-28(24-12-4-8-16-32(24)40-36)20-35-26(18-33(25)37-29)22-10-2-7-15-31(22)39-35/h1-16,37-40H,17-20H2. The third-order valence-electron chi connectivity index (χ3n) is 9.02. The fourth-order valence-electron chi connectivity index (χ4n) is 7.14. The average Bonchev–Trinajstić information content (AvgIpc) is 3.71. The van der Waals surface area contributed by atoms with Crippen LogP contribution in [-0.4, -0.2) is 19.9 Å². The molecule has 4 N–H and O–H groups in total. The Morgan fingerprint density at radius 1 is 0.300 bits per heavy atom. The van der Waals surface area contributed by atoms with Gasteiger partial charge in [0.25, 0.3) is 0 Å². The zero-order chi connectivity index (χ0) is 26.2. The first-order valence-corrected chi connectivity index (χ1v) is 14.1. The molecule has 8 aromatic rings. The molecule has 0 saturated carbocycles. The van der Waals surface area contributed by atoms with E-state index in [0.29, 0.717) is 0 Å². The van der Waals surface area contributed by atoms with Crippen LogP contribution in [0.3, 0.4) is 0 Å². The molecule has 0 bridgehead atoms. The topological polar surface area (TPSA) is 63.2 Å². The minimum atomic E-state index is 0.858. The Bertz CT molecular complexity index is 1910. The van der Waals surface area contributed by atoms with E-state index in [2.05, 4.69) is 117 Å². The number of aromatic nitrogens is 4. The number of aromatic amines is 4. The molecule has 192 valence electrons. The van der Waals surface area contributed by atoms with Crippen LogP contribution in [0.5, 0.6) is 0 Å². The van der Waals surface area contributed by atoms with Crippen LogP contribution in [0.4, 0.5) is 0 Å². The van der Waals surface area contributed by atoms with E-state index >= 15 is 0 Å². The van der Waals surface area contributed by atoms with Crippen molar-refractivity contribution in [3.63, 3.8) is 0 Å². The first kappa shape index (κ1) is 21.9. The first-order chi connectivity index (χ1) is 19.8. The lowest BCUT2D eigenvalue weighted by Gasteiger charge is -2.13. The first-order valence-electron chi connectivity index (χ1n) is 14.1. The van der Waals surface area contributed by atoms with Crippen molar-refractivity contribution in [3.8, 4) is 0 Å². The Kier molecular flexibility index (Phi) is 4.53. The molecule has 1 aliphatic rings. The Morgan fingerprint density at radius 2 is 0.525 bits per heavy atom. The highest BCUT2D eigenvalue weighted by molar-refractivity contribution is 5.91. The number of rotatable bonds is 0. The minimum Gasteiger partial charge on any atom is -0.358 e. The molecule has 0 radical (unpaired) electrons. The molecule has 9 rings (SSSR count). The van der Waals surface area contributed by atoms with Gasteiger partial charge in [-0.1, -0.05) is 72.8 Å². The second kappa shape index (κ2) is 8.27. The highest BCUT2D eigenvalue weighted by Crippen LogP contribution is 2.37. The number of hydrogen-bond acceptors (Lipinski definition) is 0. The molecule has 4 aromatic heterocycles. The van der Waals surface area contributed by atoms with Gasteiger partial charge in [0.15, 0.2) is 0 Å². The molecule has 1 aliphatic carbocycles. The molecular formula is C36H28N4. The van der Waals surface area contributed by atoms with Gasteiger partial charge in [-0.05, 0) is 46.5 Å². The van der Waals surface area contributed by atoms with Gasteiger partial charge in [0.05, 0.1) is 0 Å². The lowest BCUT2D eigenvalue weighted by Crippen LogP contribution is -2.04. The summed E-state index contributed by atoms with van der Waals surface area (Å²) < 4.78 is 0. The van der Waals surface area contributed by atoms with Crippen molar-refractivity contribution < 1.29 is 0 Å². The summed E-state index contributed by atoms with van der Waals surface area (Å²) >= 11 is 0. The van der Waals surface area contributed by atoms with Crippen LogP contribution in [-0.2, 0) is 25.7 Å². The lowest BCUT2D eigenvalue weighted by atomic mass is 9.92. The van der Waals surface area contributed by atoms with Gasteiger partial charge in [-0.3, -0.25) is 0 Å². The molecular weight excluding hydrogens is 488 g/mol. The van der Waals surface area contributed by atoms with Crippen molar-refractivity contribution >= 4 is 43.6 Å². The molecule has 0 aliphatic heterocycles. The van der Waals surface area contributed by atoms with Crippen LogP contribution >= 0.6 is 0 Å².